The molecule has 11 heavy (non-hydrogen) atoms. The van der Waals surface area contributed by atoms with Gasteiger partial charge < -0.3 is 4.90 Å². The van der Waals surface area contributed by atoms with Gasteiger partial charge in [-0.05, 0) is 6.42 Å². The molecule has 0 aliphatic carbocycles. The molecule has 0 aliphatic heterocycles. The highest BCUT2D eigenvalue weighted by atomic mass is 16.2. The Bertz CT molecular complexity index is 157. The van der Waals surface area contributed by atoms with Gasteiger partial charge in [0.25, 0.3) is 5.91 Å². The van der Waals surface area contributed by atoms with Crippen molar-refractivity contribution in [2.75, 3.05) is 13.1 Å². The summed E-state index contributed by atoms with van der Waals surface area (Å²) in [5.41, 5.74) is 6.65. The molecular weight excluding hydrogens is 144 g/mol. The number of nitrogens with one attached hydrogen (secondary N) is 1. The van der Waals surface area contributed by atoms with Gasteiger partial charge in [0.2, 0.25) is 5.91 Å². The molecular formula is C7H13N2O2. The maximum absolute atomic E-state index is 10.8. The van der Waals surface area contributed by atoms with Gasteiger partial charge in [-0.15, -0.1) is 0 Å². The third kappa shape index (κ3) is 4.36. The van der Waals surface area contributed by atoms with Crippen molar-refractivity contribution in [3.8, 4) is 0 Å². The summed E-state index contributed by atoms with van der Waals surface area (Å²) in [7, 11) is 0. The molecule has 0 atom stereocenters. The van der Waals surface area contributed by atoms with Crippen molar-refractivity contribution in [2.45, 2.75) is 20.3 Å². The molecule has 4 nitrogen and oxygen atoms in total. The lowest BCUT2D eigenvalue weighted by Crippen LogP contribution is -2.34. The smallest absolute Gasteiger partial charge is 0.257 e. The van der Waals surface area contributed by atoms with E-state index in [4.69, 9.17) is 5.73 Å². The molecule has 0 bridgehead atoms. The molecule has 0 spiro atoms. The van der Waals surface area contributed by atoms with Crippen LogP contribution < -0.4 is 5.73 Å². The van der Waals surface area contributed by atoms with Crippen molar-refractivity contribution in [2.24, 2.45) is 0 Å². The molecule has 0 unspecified atom stereocenters. The van der Waals surface area contributed by atoms with Crippen LogP contribution in [0.25, 0.3) is 0 Å². The van der Waals surface area contributed by atoms with E-state index in [0.29, 0.717) is 6.54 Å². The van der Waals surface area contributed by atoms with Gasteiger partial charge in [0.05, 0.1) is 0 Å². The molecule has 0 rings (SSSR count). The Morgan fingerprint density at radius 3 is 2.27 bits per heavy atom. The number of rotatable bonds is 4. The summed E-state index contributed by atoms with van der Waals surface area (Å²) in [6.45, 7) is 3.80. The standard InChI is InChI=1S/C7H13N2O2/c1-3-4-9(6(2)10)5-7(8)11/h8H,3-5H2,1-2H3. The van der Waals surface area contributed by atoms with E-state index in [2.05, 4.69) is 0 Å². The second-order valence-corrected chi connectivity index (χ2v) is 2.36. The van der Waals surface area contributed by atoms with Crippen LogP contribution in [0.15, 0.2) is 0 Å². The lowest BCUT2D eigenvalue weighted by molar-refractivity contribution is -0.133. The van der Waals surface area contributed by atoms with Crippen molar-refractivity contribution in [1.29, 1.82) is 0 Å². The normalized spacial score (nSPS) is 9.27. The molecule has 1 N–H and O–H groups in total. The van der Waals surface area contributed by atoms with E-state index < -0.39 is 5.91 Å². The molecule has 2 amide bonds. The molecule has 1 radical (unpaired) electrons. The van der Waals surface area contributed by atoms with Crippen LogP contribution >= 0.6 is 0 Å². The Labute approximate surface area is 66.4 Å². The van der Waals surface area contributed by atoms with Crippen LogP contribution in [0, 0.1) is 0 Å². The first-order chi connectivity index (χ1) is 5.07. The Kier molecular flexibility index (Phi) is 4.26. The number of amides is 2. The summed E-state index contributed by atoms with van der Waals surface area (Å²) in [5, 5.41) is 0. The Morgan fingerprint density at radius 2 is 2.00 bits per heavy atom. The fraction of sp³-hybridized carbons (Fsp3) is 0.714. The van der Waals surface area contributed by atoms with Gasteiger partial charge in [0.1, 0.15) is 6.54 Å². The van der Waals surface area contributed by atoms with Gasteiger partial charge in [-0.1, -0.05) is 6.92 Å². The molecule has 0 saturated heterocycles. The zero-order valence-corrected chi connectivity index (χ0v) is 6.89. The zero-order chi connectivity index (χ0) is 8.85. The van der Waals surface area contributed by atoms with Crippen LogP contribution in [0.5, 0.6) is 0 Å². The average Bonchev–Trinajstić information content (AvgIpc) is 1.86. The SMILES string of the molecule is CCCN(CC([NH])=O)C(C)=O. The van der Waals surface area contributed by atoms with Gasteiger partial charge in [0.15, 0.2) is 0 Å². The van der Waals surface area contributed by atoms with Crippen molar-refractivity contribution >= 4 is 11.8 Å². The predicted octanol–water partition coefficient (Wildman–Crippen LogP) is 0.0544. The fourth-order valence-corrected chi connectivity index (χ4v) is 0.791. The van der Waals surface area contributed by atoms with Crippen LogP contribution in [0.2, 0.25) is 0 Å². The van der Waals surface area contributed by atoms with Crippen molar-refractivity contribution in [3.63, 3.8) is 0 Å². The Morgan fingerprint density at radius 1 is 1.45 bits per heavy atom. The van der Waals surface area contributed by atoms with Crippen molar-refractivity contribution < 1.29 is 9.59 Å². The average molecular weight is 157 g/mol. The third-order valence-electron chi connectivity index (χ3n) is 1.27. The van der Waals surface area contributed by atoms with E-state index in [9.17, 15) is 9.59 Å². The molecule has 0 aromatic carbocycles. The van der Waals surface area contributed by atoms with Crippen LogP contribution in [-0.2, 0) is 9.59 Å². The van der Waals surface area contributed by atoms with Gasteiger partial charge >= 0.3 is 0 Å². The Hall–Kier alpha value is -1.06. The monoisotopic (exact) mass is 157 g/mol. The van der Waals surface area contributed by atoms with Crippen LogP contribution in [-0.4, -0.2) is 29.8 Å². The van der Waals surface area contributed by atoms with Gasteiger partial charge in [-0.2, -0.15) is 0 Å². The summed E-state index contributed by atoms with van der Waals surface area (Å²) in [6.07, 6.45) is 0.812. The fourth-order valence-electron chi connectivity index (χ4n) is 0.791. The number of hydrogen-bond acceptors (Lipinski definition) is 2. The highest BCUT2D eigenvalue weighted by molar-refractivity contribution is 5.82. The summed E-state index contributed by atoms with van der Waals surface area (Å²) >= 11 is 0. The molecule has 4 heteroatoms. The highest BCUT2D eigenvalue weighted by Gasteiger charge is 2.09. The molecule has 0 aliphatic rings. The second-order valence-electron chi connectivity index (χ2n) is 2.36. The van der Waals surface area contributed by atoms with Crippen LogP contribution in [0.1, 0.15) is 20.3 Å². The summed E-state index contributed by atoms with van der Waals surface area (Å²) < 4.78 is 0. The predicted molar refractivity (Wildman–Crippen MR) is 40.6 cm³/mol. The molecule has 0 aromatic heterocycles. The second kappa shape index (κ2) is 4.71. The minimum atomic E-state index is -0.714. The van der Waals surface area contributed by atoms with E-state index in [1.54, 1.807) is 0 Å². The molecule has 0 heterocycles. The first-order valence-corrected chi connectivity index (χ1v) is 3.57. The number of carbonyl (C=O) groups excluding carboxylic acids is 2. The molecule has 0 aromatic rings. The van der Waals surface area contributed by atoms with Crippen molar-refractivity contribution in [1.82, 2.24) is 10.6 Å². The number of hydrogen-bond donors (Lipinski definition) is 0. The van der Waals surface area contributed by atoms with Crippen molar-refractivity contribution in [3.05, 3.63) is 0 Å². The molecule has 0 saturated carbocycles. The zero-order valence-electron chi connectivity index (χ0n) is 6.89. The maximum atomic E-state index is 10.8. The topological polar surface area (TPSA) is 61.2 Å². The van der Waals surface area contributed by atoms with Gasteiger partial charge in [-0.3, -0.25) is 15.3 Å². The van der Waals surface area contributed by atoms with Crippen LogP contribution in [0.4, 0.5) is 0 Å². The lowest BCUT2D eigenvalue weighted by atomic mass is 10.4. The largest absolute Gasteiger partial charge is 0.334 e. The quantitative estimate of drug-likeness (QED) is 0.579. The van der Waals surface area contributed by atoms with Crippen LogP contribution in [0.3, 0.4) is 0 Å². The first-order valence-electron chi connectivity index (χ1n) is 3.57. The third-order valence-corrected chi connectivity index (χ3v) is 1.27. The minimum Gasteiger partial charge on any atom is -0.334 e. The number of carbonyl (C=O) groups is 2. The lowest BCUT2D eigenvalue weighted by Gasteiger charge is -2.17. The van der Waals surface area contributed by atoms with E-state index >= 15 is 0 Å². The number of nitrogens with zero attached hydrogens (tertiary/aromatic N) is 1. The van der Waals surface area contributed by atoms with E-state index in [-0.39, 0.29) is 12.5 Å². The highest BCUT2D eigenvalue weighted by Crippen LogP contribution is 1.91. The maximum Gasteiger partial charge on any atom is 0.257 e. The van der Waals surface area contributed by atoms with E-state index in [1.807, 2.05) is 6.92 Å². The summed E-state index contributed by atoms with van der Waals surface area (Å²) in [4.78, 5) is 22.4. The summed E-state index contributed by atoms with van der Waals surface area (Å²) in [5.74, 6) is -0.860. The van der Waals surface area contributed by atoms with Gasteiger partial charge in [-0.25, -0.2) is 0 Å². The van der Waals surface area contributed by atoms with E-state index in [1.165, 1.54) is 11.8 Å². The van der Waals surface area contributed by atoms with E-state index in [0.717, 1.165) is 6.42 Å². The molecule has 0 fully saturated rings. The summed E-state index contributed by atoms with van der Waals surface area (Å²) in [6, 6.07) is 0. The Balaban J connectivity index is 3.89. The van der Waals surface area contributed by atoms with Gasteiger partial charge in [0, 0.05) is 13.5 Å². The minimum absolute atomic E-state index is 0.0802. The molecule has 63 valence electrons. The first kappa shape index (κ1) is 9.94.